The fourth-order valence-corrected chi connectivity index (χ4v) is 4.68. The van der Waals surface area contributed by atoms with Crippen molar-refractivity contribution in [3.63, 3.8) is 0 Å². The first kappa shape index (κ1) is 28.4. The highest BCUT2D eigenvalue weighted by atomic mass is 35.5. The smallest absolute Gasteiger partial charge is 0.288 e. The highest BCUT2D eigenvalue weighted by Crippen LogP contribution is 2.31. The lowest BCUT2D eigenvalue weighted by Crippen LogP contribution is -2.46. The van der Waals surface area contributed by atoms with Crippen molar-refractivity contribution in [2.75, 3.05) is 32.8 Å². The Hall–Kier alpha value is -4.64. The predicted octanol–water partition coefficient (Wildman–Crippen LogP) is 4.29. The van der Waals surface area contributed by atoms with Crippen LogP contribution in [-0.2, 0) is 16.0 Å². The summed E-state index contributed by atoms with van der Waals surface area (Å²) in [5.74, 6) is -0.146. The van der Waals surface area contributed by atoms with Crippen LogP contribution >= 0.6 is 11.6 Å². The maximum Gasteiger partial charge on any atom is 0.288 e. The molecule has 1 fully saturated rings. The Balaban J connectivity index is 1.68. The fourth-order valence-electron chi connectivity index (χ4n) is 4.50. The Morgan fingerprint density at radius 3 is 2.33 bits per heavy atom. The first-order valence-corrected chi connectivity index (χ1v) is 12.5. The average Bonchev–Trinajstić information content (AvgIpc) is 3.25. The summed E-state index contributed by atoms with van der Waals surface area (Å²) in [7, 11) is 4.52. The molecule has 0 spiro atoms. The SMILES string of the molecule is COc1ccc(N2C(=O)CC(N(CCc3ccc(OC)c(OC)c3)C(=O)c3ccc(Cl)c([N+](=O)[O-])c3)C2=O)cc1. The molecule has 40 heavy (non-hydrogen) atoms. The van der Waals surface area contributed by atoms with Gasteiger partial charge in [0.1, 0.15) is 16.8 Å². The number of carbonyl (C=O) groups is 3. The van der Waals surface area contributed by atoms with Gasteiger partial charge in [-0.05, 0) is 60.5 Å². The quantitative estimate of drug-likeness (QED) is 0.202. The minimum atomic E-state index is -1.13. The summed E-state index contributed by atoms with van der Waals surface area (Å²) < 4.78 is 15.8. The lowest BCUT2D eigenvalue weighted by Gasteiger charge is -2.28. The van der Waals surface area contributed by atoms with Gasteiger partial charge in [0.2, 0.25) is 5.91 Å². The molecule has 1 aliphatic heterocycles. The predicted molar refractivity (Wildman–Crippen MR) is 146 cm³/mol. The van der Waals surface area contributed by atoms with Gasteiger partial charge < -0.3 is 19.1 Å². The first-order valence-electron chi connectivity index (χ1n) is 12.1. The maximum absolute atomic E-state index is 13.8. The highest BCUT2D eigenvalue weighted by molar-refractivity contribution is 6.32. The number of anilines is 1. The van der Waals surface area contributed by atoms with Crippen LogP contribution in [0.2, 0.25) is 5.02 Å². The van der Waals surface area contributed by atoms with Crippen LogP contribution in [0.15, 0.2) is 60.7 Å². The van der Waals surface area contributed by atoms with Crippen molar-refractivity contribution in [3.8, 4) is 17.2 Å². The molecule has 0 radical (unpaired) electrons. The molecule has 12 heteroatoms. The lowest BCUT2D eigenvalue weighted by atomic mass is 10.1. The van der Waals surface area contributed by atoms with E-state index in [1.54, 1.807) is 42.5 Å². The van der Waals surface area contributed by atoms with E-state index in [9.17, 15) is 24.5 Å². The number of imide groups is 1. The zero-order valence-corrected chi connectivity index (χ0v) is 22.7. The summed E-state index contributed by atoms with van der Waals surface area (Å²) >= 11 is 5.94. The Morgan fingerprint density at radius 2 is 1.70 bits per heavy atom. The topological polar surface area (TPSA) is 129 Å². The molecule has 1 unspecified atom stereocenters. The van der Waals surface area contributed by atoms with Gasteiger partial charge in [0.05, 0.1) is 38.4 Å². The van der Waals surface area contributed by atoms with E-state index >= 15 is 0 Å². The molecule has 0 bridgehead atoms. The molecule has 0 N–H and O–H groups in total. The number of benzene rings is 3. The molecular formula is C28H26ClN3O8. The number of halogens is 1. The number of hydrogen-bond acceptors (Lipinski definition) is 8. The van der Waals surface area contributed by atoms with Gasteiger partial charge in [-0.1, -0.05) is 17.7 Å². The second kappa shape index (κ2) is 12.0. The Labute approximate surface area is 234 Å². The van der Waals surface area contributed by atoms with Crippen LogP contribution in [0.25, 0.3) is 0 Å². The summed E-state index contributed by atoms with van der Waals surface area (Å²) in [4.78, 5) is 53.4. The number of amides is 3. The lowest BCUT2D eigenvalue weighted by molar-refractivity contribution is -0.384. The third-order valence-corrected chi connectivity index (χ3v) is 6.89. The van der Waals surface area contributed by atoms with Crippen LogP contribution < -0.4 is 19.1 Å². The number of nitrogens with zero attached hydrogens (tertiary/aromatic N) is 3. The van der Waals surface area contributed by atoms with Crippen molar-refractivity contribution in [1.82, 2.24) is 4.90 Å². The van der Waals surface area contributed by atoms with Gasteiger partial charge in [-0.15, -0.1) is 0 Å². The van der Waals surface area contributed by atoms with Gasteiger partial charge in [0.25, 0.3) is 17.5 Å². The van der Waals surface area contributed by atoms with Crippen LogP contribution in [-0.4, -0.2) is 61.5 Å². The molecule has 0 aliphatic carbocycles. The molecule has 1 aliphatic rings. The van der Waals surface area contributed by atoms with E-state index in [1.807, 2.05) is 0 Å². The molecule has 11 nitrogen and oxygen atoms in total. The van der Waals surface area contributed by atoms with Crippen LogP contribution in [0.5, 0.6) is 17.2 Å². The van der Waals surface area contributed by atoms with E-state index in [0.29, 0.717) is 29.4 Å². The van der Waals surface area contributed by atoms with E-state index in [2.05, 4.69) is 0 Å². The number of hydrogen-bond donors (Lipinski definition) is 0. The zero-order valence-electron chi connectivity index (χ0n) is 22.0. The van der Waals surface area contributed by atoms with Crippen molar-refractivity contribution < 1.29 is 33.5 Å². The van der Waals surface area contributed by atoms with Crippen molar-refractivity contribution in [2.24, 2.45) is 0 Å². The third-order valence-electron chi connectivity index (χ3n) is 6.57. The number of methoxy groups -OCH3 is 3. The number of rotatable bonds is 10. The van der Waals surface area contributed by atoms with Crippen LogP contribution in [0.4, 0.5) is 11.4 Å². The molecule has 0 saturated carbocycles. The zero-order chi connectivity index (χ0) is 29.0. The van der Waals surface area contributed by atoms with Crippen molar-refractivity contribution >= 4 is 40.7 Å². The minimum absolute atomic E-state index is 0.0326. The molecule has 4 rings (SSSR count). The van der Waals surface area contributed by atoms with Crippen LogP contribution in [0.1, 0.15) is 22.3 Å². The van der Waals surface area contributed by atoms with Gasteiger partial charge >= 0.3 is 0 Å². The van der Waals surface area contributed by atoms with E-state index in [4.69, 9.17) is 25.8 Å². The summed E-state index contributed by atoms with van der Waals surface area (Å²) in [5.41, 5.74) is 0.640. The normalized spacial score (nSPS) is 14.7. The molecule has 1 atom stereocenters. The third kappa shape index (κ3) is 5.69. The molecule has 3 aromatic rings. The summed E-state index contributed by atoms with van der Waals surface area (Å²) in [5, 5.41) is 11.3. The van der Waals surface area contributed by atoms with Crippen molar-refractivity contribution in [3.05, 3.63) is 86.9 Å². The second-order valence-electron chi connectivity index (χ2n) is 8.85. The van der Waals surface area contributed by atoms with Gasteiger partial charge in [0, 0.05) is 18.2 Å². The van der Waals surface area contributed by atoms with Crippen LogP contribution in [0, 0.1) is 10.1 Å². The summed E-state index contributed by atoms with van der Waals surface area (Å²) in [6.07, 6.45) is 0.0422. The van der Waals surface area contributed by atoms with Crippen molar-refractivity contribution in [2.45, 2.75) is 18.9 Å². The van der Waals surface area contributed by atoms with Gasteiger partial charge in [-0.25, -0.2) is 4.90 Å². The fraction of sp³-hybridized carbons (Fsp3) is 0.250. The Morgan fingerprint density at radius 1 is 1.00 bits per heavy atom. The van der Waals surface area contributed by atoms with Crippen LogP contribution in [0.3, 0.4) is 0 Å². The highest BCUT2D eigenvalue weighted by Gasteiger charge is 2.44. The molecular weight excluding hydrogens is 542 g/mol. The van der Waals surface area contributed by atoms with Gasteiger partial charge in [-0.3, -0.25) is 24.5 Å². The number of nitro groups is 1. The van der Waals surface area contributed by atoms with Gasteiger partial charge in [0.15, 0.2) is 11.5 Å². The molecule has 208 valence electrons. The van der Waals surface area contributed by atoms with E-state index in [0.717, 1.165) is 16.5 Å². The van der Waals surface area contributed by atoms with E-state index < -0.39 is 34.4 Å². The van der Waals surface area contributed by atoms with E-state index in [1.165, 1.54) is 38.4 Å². The number of nitro benzene ring substituents is 1. The Kier molecular flexibility index (Phi) is 8.54. The average molecular weight is 568 g/mol. The summed E-state index contributed by atoms with van der Waals surface area (Å²) in [6.45, 7) is 0.0326. The summed E-state index contributed by atoms with van der Waals surface area (Å²) in [6, 6.07) is 14.2. The molecule has 3 aromatic carbocycles. The van der Waals surface area contributed by atoms with Crippen molar-refractivity contribution in [1.29, 1.82) is 0 Å². The molecule has 1 saturated heterocycles. The first-order chi connectivity index (χ1) is 19.2. The number of carbonyl (C=O) groups excluding carboxylic acids is 3. The monoisotopic (exact) mass is 567 g/mol. The Bertz CT molecular complexity index is 1460. The largest absolute Gasteiger partial charge is 0.497 e. The van der Waals surface area contributed by atoms with Gasteiger partial charge in [-0.2, -0.15) is 0 Å². The second-order valence-corrected chi connectivity index (χ2v) is 9.25. The van der Waals surface area contributed by atoms with E-state index in [-0.39, 0.29) is 23.6 Å². The minimum Gasteiger partial charge on any atom is -0.497 e. The standard InChI is InChI=1S/C28H26ClN3O8/c1-38-20-8-6-19(7-9-20)31-26(33)16-23(28(31)35)30(13-12-17-4-11-24(39-2)25(14-17)40-3)27(34)18-5-10-21(29)22(15-18)32(36)37/h4-11,14-15,23H,12-13,16H2,1-3H3. The number of ether oxygens (including phenoxy) is 3. The maximum atomic E-state index is 13.8. The molecule has 0 aromatic heterocycles. The molecule has 1 heterocycles. The molecule has 3 amide bonds.